The van der Waals surface area contributed by atoms with Crippen molar-refractivity contribution in [2.45, 2.75) is 37.3 Å². The number of fused-ring (bicyclic) bond motifs is 1. The average molecular weight is 493 g/mol. The number of benzene rings is 1. The number of hydrogen-bond acceptors (Lipinski definition) is 4. The van der Waals surface area contributed by atoms with E-state index < -0.39 is 28.6 Å². The van der Waals surface area contributed by atoms with Crippen molar-refractivity contribution in [3.8, 4) is 11.1 Å². The molecule has 0 saturated carbocycles. The second kappa shape index (κ2) is 10.7. The van der Waals surface area contributed by atoms with Gasteiger partial charge in [0, 0.05) is 18.1 Å². The molecule has 7 nitrogen and oxygen atoms in total. The van der Waals surface area contributed by atoms with Gasteiger partial charge in [-0.15, -0.1) is 0 Å². The van der Waals surface area contributed by atoms with Crippen LogP contribution in [0.3, 0.4) is 0 Å². The number of rotatable bonds is 7. The van der Waals surface area contributed by atoms with Crippen LogP contribution in [0.15, 0.2) is 47.5 Å². The highest BCUT2D eigenvalue weighted by Crippen LogP contribution is 2.31. The van der Waals surface area contributed by atoms with Crippen LogP contribution < -0.4 is 4.72 Å². The van der Waals surface area contributed by atoms with Gasteiger partial charge < -0.3 is 10.1 Å². The van der Waals surface area contributed by atoms with Crippen molar-refractivity contribution in [1.82, 2.24) is 14.7 Å². The van der Waals surface area contributed by atoms with E-state index in [-0.39, 0.29) is 10.6 Å². The fourth-order valence-electron chi connectivity index (χ4n) is 2.70. The number of halogens is 5. The number of carbonyl (C=O) groups is 1. The number of pyridine rings is 1. The highest BCUT2D eigenvalue weighted by Gasteiger charge is 2.38. The Hall–Kier alpha value is -3.06. The van der Waals surface area contributed by atoms with Crippen LogP contribution in [-0.2, 0) is 14.8 Å². The van der Waals surface area contributed by atoms with Gasteiger partial charge in [0.05, 0.1) is 10.6 Å². The maximum absolute atomic E-state index is 12.9. The third kappa shape index (κ3) is 6.96. The molecule has 0 atom stereocenters. The Morgan fingerprint density at radius 3 is 2.30 bits per heavy atom. The number of nitrogens with one attached hydrogen (secondary N) is 2. The zero-order chi connectivity index (χ0) is 24.8. The van der Waals surface area contributed by atoms with Gasteiger partial charge in [0.25, 0.3) is 6.43 Å². The normalized spacial score (nSPS) is 12.0. The first-order valence-corrected chi connectivity index (χ1v) is 11.0. The number of nitrogens with zero attached hydrogens (tertiary/aromatic N) is 1. The summed E-state index contributed by atoms with van der Waals surface area (Å²) in [6.07, 6.45) is -4.50. The second-order valence-electron chi connectivity index (χ2n) is 6.72. The molecule has 0 aliphatic carbocycles. The van der Waals surface area contributed by atoms with Gasteiger partial charge in [0.1, 0.15) is 5.65 Å². The summed E-state index contributed by atoms with van der Waals surface area (Å²) in [5.74, 6) is -2.76. The molecule has 180 valence electrons. The molecule has 2 aromatic heterocycles. The van der Waals surface area contributed by atoms with Gasteiger partial charge in [-0.25, -0.2) is 31.7 Å². The van der Waals surface area contributed by atoms with Crippen LogP contribution in [0.4, 0.5) is 22.0 Å². The van der Waals surface area contributed by atoms with Gasteiger partial charge in [-0.1, -0.05) is 25.5 Å². The molecule has 3 aromatic rings. The van der Waals surface area contributed by atoms with Crippen LogP contribution in [0.1, 0.15) is 31.9 Å². The van der Waals surface area contributed by atoms with Crippen molar-refractivity contribution in [3.63, 3.8) is 0 Å². The number of aliphatic carboxylic acids is 1. The minimum absolute atomic E-state index is 0.171. The van der Waals surface area contributed by atoms with E-state index in [1.165, 1.54) is 24.4 Å². The number of sulfonamides is 1. The van der Waals surface area contributed by atoms with Crippen LogP contribution in [0.5, 0.6) is 0 Å². The molecule has 3 N–H and O–H groups in total. The molecule has 1 aromatic carbocycles. The molecular formula is C20H20F5N3O4S. The predicted octanol–water partition coefficient (Wildman–Crippen LogP) is 4.88. The Morgan fingerprint density at radius 1 is 1.18 bits per heavy atom. The van der Waals surface area contributed by atoms with Crippen molar-refractivity contribution in [2.75, 3.05) is 6.54 Å². The lowest BCUT2D eigenvalue weighted by Gasteiger charge is -2.08. The summed E-state index contributed by atoms with van der Waals surface area (Å²) in [5.41, 5.74) is 1.61. The lowest BCUT2D eigenvalue weighted by Crippen LogP contribution is -2.24. The molecule has 0 fully saturated rings. The number of alkyl halides is 5. The molecule has 0 spiro atoms. The first-order valence-electron chi connectivity index (χ1n) is 9.52. The van der Waals surface area contributed by atoms with Crippen molar-refractivity contribution in [2.24, 2.45) is 0 Å². The number of unbranched alkanes of at least 4 members (excludes halogenated alkanes) is 1. The summed E-state index contributed by atoms with van der Waals surface area (Å²) in [7, 11) is -3.55. The average Bonchev–Trinajstić information content (AvgIpc) is 3.18. The Labute approximate surface area is 185 Å². The van der Waals surface area contributed by atoms with E-state index >= 15 is 0 Å². The monoisotopic (exact) mass is 493 g/mol. The number of H-pyrrole nitrogens is 1. The quantitative estimate of drug-likeness (QED) is 0.321. The minimum Gasteiger partial charge on any atom is -0.475 e. The van der Waals surface area contributed by atoms with Gasteiger partial charge in [-0.05, 0) is 41.8 Å². The largest absolute Gasteiger partial charge is 0.490 e. The molecule has 0 bridgehead atoms. The smallest absolute Gasteiger partial charge is 0.475 e. The molecule has 0 radical (unpaired) electrons. The third-order valence-electron chi connectivity index (χ3n) is 4.33. The number of carboxylic acid groups (broad SMARTS) is 1. The van der Waals surface area contributed by atoms with Crippen molar-refractivity contribution in [1.29, 1.82) is 0 Å². The van der Waals surface area contributed by atoms with E-state index in [4.69, 9.17) is 9.90 Å². The number of hydrogen-bond donors (Lipinski definition) is 3. The number of aromatic amines is 1. The van der Waals surface area contributed by atoms with Gasteiger partial charge >= 0.3 is 12.1 Å². The first kappa shape index (κ1) is 26.2. The molecule has 13 heteroatoms. The SMILES string of the molecule is CCCCNS(=O)(=O)c1ccc(-c2ccnc3[nH]c(C(F)F)cc23)cc1.O=C(O)C(F)(F)F. The Bertz CT molecular complexity index is 1190. The molecular weight excluding hydrogens is 473 g/mol. The summed E-state index contributed by atoms with van der Waals surface area (Å²) in [4.78, 5) is 15.7. The third-order valence-corrected chi connectivity index (χ3v) is 5.81. The fraction of sp³-hybridized carbons (Fsp3) is 0.300. The van der Waals surface area contributed by atoms with Gasteiger partial charge in [-0.3, -0.25) is 0 Å². The molecule has 3 rings (SSSR count). The molecule has 0 unspecified atom stereocenters. The maximum Gasteiger partial charge on any atom is 0.490 e. The standard InChI is InChI=1S/C18H19F2N3O2S.C2HF3O2/c1-2-3-9-22-26(24,25)13-6-4-12(5-7-13)14-8-10-21-18-15(14)11-16(23-18)17(19)20;3-2(4,5)1(6)7/h4-8,10-11,17,22H,2-3,9H2,1H3,(H,21,23);(H,6,7). The number of aromatic nitrogens is 2. The molecule has 0 aliphatic heterocycles. The summed E-state index contributed by atoms with van der Waals surface area (Å²) in [5, 5.41) is 7.69. The first-order chi connectivity index (χ1) is 15.4. The highest BCUT2D eigenvalue weighted by molar-refractivity contribution is 7.89. The molecule has 2 heterocycles. The predicted molar refractivity (Wildman–Crippen MR) is 110 cm³/mol. The zero-order valence-electron chi connectivity index (χ0n) is 17.2. The van der Waals surface area contributed by atoms with Gasteiger partial charge in [0.15, 0.2) is 0 Å². The maximum atomic E-state index is 12.9. The lowest BCUT2D eigenvalue weighted by molar-refractivity contribution is -0.192. The highest BCUT2D eigenvalue weighted by atomic mass is 32.2. The minimum atomic E-state index is -5.08. The summed E-state index contributed by atoms with van der Waals surface area (Å²) < 4.78 is 84.6. The second-order valence-corrected chi connectivity index (χ2v) is 8.49. The van der Waals surface area contributed by atoms with Crippen molar-refractivity contribution >= 4 is 27.0 Å². The Morgan fingerprint density at radius 2 is 1.79 bits per heavy atom. The lowest BCUT2D eigenvalue weighted by atomic mass is 10.0. The molecule has 0 saturated heterocycles. The van der Waals surface area contributed by atoms with E-state index in [0.717, 1.165) is 18.4 Å². The summed E-state index contributed by atoms with van der Waals surface area (Å²) in [6.45, 7) is 2.38. The Kier molecular flexibility index (Phi) is 8.50. The number of carboxylic acids is 1. The van der Waals surface area contributed by atoms with Crippen LogP contribution in [0.2, 0.25) is 0 Å². The van der Waals surface area contributed by atoms with Gasteiger partial charge in [-0.2, -0.15) is 13.2 Å². The van der Waals surface area contributed by atoms with E-state index in [2.05, 4.69) is 14.7 Å². The van der Waals surface area contributed by atoms with Crippen LogP contribution in [-0.4, -0.2) is 42.2 Å². The van der Waals surface area contributed by atoms with E-state index in [9.17, 15) is 30.4 Å². The van der Waals surface area contributed by atoms with E-state index in [1.807, 2.05) is 6.92 Å². The molecule has 0 aliphatic rings. The van der Waals surface area contributed by atoms with E-state index in [0.29, 0.717) is 23.1 Å². The molecule has 33 heavy (non-hydrogen) atoms. The van der Waals surface area contributed by atoms with Gasteiger partial charge in [0.2, 0.25) is 10.0 Å². The summed E-state index contributed by atoms with van der Waals surface area (Å²) in [6, 6.07) is 9.44. The topological polar surface area (TPSA) is 112 Å². The zero-order valence-corrected chi connectivity index (χ0v) is 18.0. The van der Waals surface area contributed by atoms with Crippen molar-refractivity contribution in [3.05, 3.63) is 48.3 Å². The van der Waals surface area contributed by atoms with Crippen LogP contribution in [0, 0.1) is 0 Å². The summed E-state index contributed by atoms with van der Waals surface area (Å²) >= 11 is 0. The fourth-order valence-corrected chi connectivity index (χ4v) is 3.77. The van der Waals surface area contributed by atoms with Crippen molar-refractivity contribution < 1.29 is 40.3 Å². The molecule has 0 amide bonds. The van der Waals surface area contributed by atoms with Crippen LogP contribution >= 0.6 is 0 Å². The van der Waals surface area contributed by atoms with E-state index in [1.54, 1.807) is 18.2 Å². The Balaban J connectivity index is 0.000000479. The van der Waals surface area contributed by atoms with Crippen LogP contribution in [0.25, 0.3) is 22.2 Å².